The highest BCUT2D eigenvalue weighted by molar-refractivity contribution is 5.96. The lowest BCUT2D eigenvalue weighted by molar-refractivity contribution is -0.114. The summed E-state index contributed by atoms with van der Waals surface area (Å²) >= 11 is 0. The number of anilines is 2. The van der Waals surface area contributed by atoms with E-state index in [0.717, 1.165) is 37.3 Å². The Labute approximate surface area is 177 Å². The molecule has 1 aliphatic heterocycles. The molecule has 0 aliphatic carbocycles. The molecule has 7 nitrogen and oxygen atoms in total. The molecule has 7 heteroatoms. The van der Waals surface area contributed by atoms with Crippen LogP contribution in [0.15, 0.2) is 48.5 Å². The van der Waals surface area contributed by atoms with Crippen molar-refractivity contribution in [2.24, 2.45) is 0 Å². The SMILES string of the molecule is CCCNC(=O)c1ccc(NC(=O)CNc2ccc(OCC3CCCO3)cc2)cc1. The van der Waals surface area contributed by atoms with Crippen LogP contribution < -0.4 is 20.7 Å². The van der Waals surface area contributed by atoms with E-state index in [9.17, 15) is 9.59 Å². The molecule has 1 saturated heterocycles. The molecular formula is C23H29N3O4. The van der Waals surface area contributed by atoms with E-state index in [2.05, 4.69) is 16.0 Å². The average Bonchev–Trinajstić information content (AvgIpc) is 3.29. The summed E-state index contributed by atoms with van der Waals surface area (Å²) in [7, 11) is 0. The van der Waals surface area contributed by atoms with Gasteiger partial charge in [-0.3, -0.25) is 9.59 Å². The van der Waals surface area contributed by atoms with Crippen LogP contribution in [0, 0.1) is 0 Å². The van der Waals surface area contributed by atoms with Crippen LogP contribution in [0.25, 0.3) is 0 Å². The molecule has 0 saturated carbocycles. The van der Waals surface area contributed by atoms with Gasteiger partial charge in [0.05, 0.1) is 12.6 Å². The molecule has 0 radical (unpaired) electrons. The van der Waals surface area contributed by atoms with Crippen LogP contribution >= 0.6 is 0 Å². The number of amides is 2. The maximum absolute atomic E-state index is 12.2. The third kappa shape index (κ3) is 6.77. The molecule has 0 bridgehead atoms. The third-order valence-electron chi connectivity index (χ3n) is 4.73. The molecule has 0 aromatic heterocycles. The lowest BCUT2D eigenvalue weighted by atomic mass is 10.2. The van der Waals surface area contributed by atoms with E-state index in [-0.39, 0.29) is 24.5 Å². The van der Waals surface area contributed by atoms with Crippen LogP contribution in [-0.2, 0) is 9.53 Å². The monoisotopic (exact) mass is 411 g/mol. The number of hydrogen-bond donors (Lipinski definition) is 3. The fourth-order valence-electron chi connectivity index (χ4n) is 3.07. The minimum Gasteiger partial charge on any atom is -0.491 e. The summed E-state index contributed by atoms with van der Waals surface area (Å²) in [6.07, 6.45) is 3.21. The quantitative estimate of drug-likeness (QED) is 0.557. The third-order valence-corrected chi connectivity index (χ3v) is 4.73. The lowest BCUT2D eigenvalue weighted by Crippen LogP contribution is -2.24. The Morgan fingerprint density at radius 2 is 1.80 bits per heavy atom. The Bertz CT molecular complexity index is 815. The van der Waals surface area contributed by atoms with Gasteiger partial charge in [-0.1, -0.05) is 6.92 Å². The van der Waals surface area contributed by atoms with Crippen molar-refractivity contribution in [2.75, 3.05) is 36.9 Å². The highest BCUT2D eigenvalue weighted by Crippen LogP contribution is 2.18. The summed E-state index contributed by atoms with van der Waals surface area (Å²) in [5, 5.41) is 8.72. The molecule has 2 amide bonds. The summed E-state index contributed by atoms with van der Waals surface area (Å²) < 4.78 is 11.3. The zero-order chi connectivity index (χ0) is 21.2. The van der Waals surface area contributed by atoms with Crippen LogP contribution in [0.5, 0.6) is 5.75 Å². The first-order valence-electron chi connectivity index (χ1n) is 10.4. The van der Waals surface area contributed by atoms with Crippen molar-refractivity contribution in [3.8, 4) is 5.75 Å². The molecule has 0 spiro atoms. The summed E-state index contributed by atoms with van der Waals surface area (Å²) in [4.78, 5) is 24.1. The minimum atomic E-state index is -0.170. The summed E-state index contributed by atoms with van der Waals surface area (Å²) in [6, 6.07) is 14.3. The number of carbonyl (C=O) groups is 2. The minimum absolute atomic E-state index is 0.111. The Morgan fingerprint density at radius 1 is 1.07 bits per heavy atom. The van der Waals surface area contributed by atoms with Gasteiger partial charge in [0, 0.05) is 30.1 Å². The molecule has 3 rings (SSSR count). The Hall–Kier alpha value is -3.06. The number of ether oxygens (including phenoxy) is 2. The van der Waals surface area contributed by atoms with Gasteiger partial charge in [0.1, 0.15) is 12.4 Å². The van der Waals surface area contributed by atoms with Crippen molar-refractivity contribution < 1.29 is 19.1 Å². The predicted octanol–water partition coefficient (Wildman–Crippen LogP) is 3.43. The normalized spacial score (nSPS) is 15.4. The molecule has 2 aromatic carbocycles. The Kier molecular flexibility index (Phi) is 8.09. The standard InChI is InChI=1S/C23H29N3O4/c1-2-13-24-23(28)17-5-7-19(8-6-17)26-22(27)15-25-18-9-11-20(12-10-18)30-16-21-4-3-14-29-21/h5-12,21,25H,2-4,13-16H2,1H3,(H,24,28)(H,26,27). The van der Waals surface area contributed by atoms with Crippen LogP contribution in [0.1, 0.15) is 36.5 Å². The van der Waals surface area contributed by atoms with Gasteiger partial charge in [-0.2, -0.15) is 0 Å². The Morgan fingerprint density at radius 3 is 2.47 bits per heavy atom. The van der Waals surface area contributed by atoms with E-state index in [0.29, 0.717) is 24.4 Å². The van der Waals surface area contributed by atoms with Crippen molar-refractivity contribution in [1.82, 2.24) is 5.32 Å². The second-order valence-corrected chi connectivity index (χ2v) is 7.21. The fraction of sp³-hybridized carbons (Fsp3) is 0.391. The van der Waals surface area contributed by atoms with Gasteiger partial charge in [0.25, 0.3) is 5.91 Å². The van der Waals surface area contributed by atoms with Crippen LogP contribution in [0.4, 0.5) is 11.4 Å². The second-order valence-electron chi connectivity index (χ2n) is 7.21. The number of rotatable bonds is 10. The fourth-order valence-corrected chi connectivity index (χ4v) is 3.07. The summed E-state index contributed by atoms with van der Waals surface area (Å²) in [5.74, 6) is 0.500. The predicted molar refractivity (Wildman–Crippen MR) is 117 cm³/mol. The molecule has 30 heavy (non-hydrogen) atoms. The number of carbonyl (C=O) groups excluding carboxylic acids is 2. The molecule has 1 aliphatic rings. The van der Waals surface area contributed by atoms with Crippen molar-refractivity contribution in [3.05, 3.63) is 54.1 Å². The maximum Gasteiger partial charge on any atom is 0.251 e. The van der Waals surface area contributed by atoms with Crippen molar-refractivity contribution in [1.29, 1.82) is 0 Å². The van der Waals surface area contributed by atoms with Gasteiger partial charge in [-0.15, -0.1) is 0 Å². The van der Waals surface area contributed by atoms with Gasteiger partial charge in [-0.25, -0.2) is 0 Å². The largest absolute Gasteiger partial charge is 0.491 e. The van der Waals surface area contributed by atoms with Crippen molar-refractivity contribution in [2.45, 2.75) is 32.3 Å². The van der Waals surface area contributed by atoms with Crippen LogP contribution in [0.3, 0.4) is 0 Å². The second kappa shape index (κ2) is 11.2. The molecular weight excluding hydrogens is 382 g/mol. The van der Waals surface area contributed by atoms with E-state index in [4.69, 9.17) is 9.47 Å². The van der Waals surface area contributed by atoms with E-state index < -0.39 is 0 Å². The molecule has 1 heterocycles. The zero-order valence-corrected chi connectivity index (χ0v) is 17.3. The maximum atomic E-state index is 12.2. The summed E-state index contributed by atoms with van der Waals surface area (Å²) in [5.41, 5.74) is 2.05. The number of hydrogen-bond acceptors (Lipinski definition) is 5. The van der Waals surface area contributed by atoms with Crippen LogP contribution in [-0.4, -0.2) is 44.2 Å². The van der Waals surface area contributed by atoms with E-state index in [1.165, 1.54) is 0 Å². The van der Waals surface area contributed by atoms with Gasteiger partial charge >= 0.3 is 0 Å². The van der Waals surface area contributed by atoms with Crippen molar-refractivity contribution >= 4 is 23.2 Å². The van der Waals surface area contributed by atoms with E-state index in [1.807, 2.05) is 31.2 Å². The average molecular weight is 412 g/mol. The zero-order valence-electron chi connectivity index (χ0n) is 17.3. The molecule has 1 atom stereocenters. The number of benzene rings is 2. The van der Waals surface area contributed by atoms with Gasteiger partial charge in [-0.05, 0) is 67.8 Å². The molecule has 2 aromatic rings. The van der Waals surface area contributed by atoms with Gasteiger partial charge < -0.3 is 25.4 Å². The lowest BCUT2D eigenvalue weighted by Gasteiger charge is -2.12. The highest BCUT2D eigenvalue weighted by Gasteiger charge is 2.15. The van der Waals surface area contributed by atoms with Gasteiger partial charge in [0.15, 0.2) is 0 Å². The first-order valence-corrected chi connectivity index (χ1v) is 10.4. The molecule has 1 fully saturated rings. The highest BCUT2D eigenvalue weighted by atomic mass is 16.5. The van der Waals surface area contributed by atoms with E-state index in [1.54, 1.807) is 24.3 Å². The molecule has 1 unspecified atom stereocenters. The summed E-state index contributed by atoms with van der Waals surface area (Å²) in [6.45, 7) is 4.16. The van der Waals surface area contributed by atoms with Crippen molar-refractivity contribution in [3.63, 3.8) is 0 Å². The first-order chi connectivity index (χ1) is 14.6. The van der Waals surface area contributed by atoms with Gasteiger partial charge in [0.2, 0.25) is 5.91 Å². The molecule has 3 N–H and O–H groups in total. The first kappa shape index (κ1) is 21.6. The number of nitrogens with one attached hydrogen (secondary N) is 3. The smallest absolute Gasteiger partial charge is 0.251 e. The Balaban J connectivity index is 1.40. The topological polar surface area (TPSA) is 88.7 Å². The van der Waals surface area contributed by atoms with E-state index >= 15 is 0 Å². The molecule has 160 valence electrons. The van der Waals surface area contributed by atoms with Crippen LogP contribution in [0.2, 0.25) is 0 Å².